The summed E-state index contributed by atoms with van der Waals surface area (Å²) in [5.74, 6) is 0. The van der Waals surface area contributed by atoms with Gasteiger partial charge in [-0.1, -0.05) is 299 Å². The van der Waals surface area contributed by atoms with E-state index in [9.17, 15) is 0 Å². The van der Waals surface area contributed by atoms with E-state index in [2.05, 4.69) is 374 Å². The molecule has 0 atom stereocenters. The van der Waals surface area contributed by atoms with Crippen LogP contribution in [-0.2, 0) is 0 Å². The van der Waals surface area contributed by atoms with Gasteiger partial charge in [0.2, 0.25) is 0 Å². The van der Waals surface area contributed by atoms with Crippen molar-refractivity contribution in [3.05, 3.63) is 358 Å². The highest BCUT2D eigenvalue weighted by Gasteiger charge is 2.09. The van der Waals surface area contributed by atoms with Gasteiger partial charge in [0.05, 0.1) is 0 Å². The third-order valence-corrected chi connectivity index (χ3v) is 21.0. The van der Waals surface area contributed by atoms with Gasteiger partial charge >= 0.3 is 0 Å². The van der Waals surface area contributed by atoms with Crippen molar-refractivity contribution >= 4 is 128 Å². The zero-order valence-electron chi connectivity index (χ0n) is 58.5. The molecular weight excluding hydrogens is 1220 g/mol. The summed E-state index contributed by atoms with van der Waals surface area (Å²) in [6.07, 6.45) is 0. The Morgan fingerprint density at radius 1 is 0.163 bits per heavy atom. The molecule has 0 saturated carbocycles. The number of rotatable bonds is 2. The maximum atomic E-state index is 2.29. The van der Waals surface area contributed by atoms with Crippen LogP contribution in [0.4, 0.5) is 0 Å². The maximum Gasteiger partial charge on any atom is 0.0358 e. The molecule has 0 bridgehead atoms. The summed E-state index contributed by atoms with van der Waals surface area (Å²) in [7, 11) is 0. The van der Waals surface area contributed by atoms with Gasteiger partial charge < -0.3 is 0 Å². The van der Waals surface area contributed by atoms with Crippen LogP contribution < -0.4 is 0 Å². The van der Waals surface area contributed by atoms with Crippen LogP contribution in [0.25, 0.3) is 127 Å². The minimum atomic E-state index is 1.28. The Labute approximate surface area is 586 Å². The summed E-state index contributed by atoms with van der Waals surface area (Å²) in [5, 5.41) is 21.6. The van der Waals surface area contributed by atoms with Gasteiger partial charge in [0.1, 0.15) is 0 Å². The number of hydrogen-bond donors (Lipinski definition) is 0. The Morgan fingerprint density at radius 2 is 0.490 bits per heavy atom. The van der Waals surface area contributed by atoms with Crippen LogP contribution >= 0.6 is 22.7 Å². The Bertz CT molecular complexity index is 5760. The summed E-state index contributed by atoms with van der Waals surface area (Å²) in [6.45, 7) is 25.7. The van der Waals surface area contributed by atoms with Crippen molar-refractivity contribution in [1.29, 1.82) is 0 Å². The van der Waals surface area contributed by atoms with Gasteiger partial charge in [-0.15, -0.1) is 22.7 Å². The van der Waals surface area contributed by atoms with Gasteiger partial charge in [0, 0.05) is 40.3 Å². The van der Waals surface area contributed by atoms with Gasteiger partial charge in [-0.2, -0.15) is 0 Å². The fourth-order valence-corrected chi connectivity index (χ4v) is 15.7. The van der Waals surface area contributed by atoms with Crippen LogP contribution in [0.5, 0.6) is 0 Å². The molecule has 0 N–H and O–H groups in total. The summed E-state index contributed by atoms with van der Waals surface area (Å²) in [4.78, 5) is 0. The van der Waals surface area contributed by atoms with Crippen LogP contribution in [0.1, 0.15) is 66.8 Å². The summed E-state index contributed by atoms with van der Waals surface area (Å²) in [5.41, 5.74) is 21.0. The summed E-state index contributed by atoms with van der Waals surface area (Å²) >= 11 is 3.77. The summed E-state index contributed by atoms with van der Waals surface area (Å²) < 4.78 is 5.58. The molecule has 480 valence electrons. The van der Waals surface area contributed by atoms with Gasteiger partial charge in [-0.05, 0) is 229 Å². The standard InChI is InChI=1S/2C18H16.2C16H14.2C14H12S/c1-13-3-6-15(7-4-13)17-10-9-16-11-14(2)5-8-18(16)12-17;1-13-7-10-15(11-8-13)17-12-9-14(2)16-5-3-4-6-18(16)17;1-11-3-7-15-13(9-11)5-6-14-10-12(2)4-8-16(14)15;1-11-4-8-15-14(9-11)7-6-13-5-3-12(2)10-16(13)15;1-9-3-5-13-11(7-9)12-8-10(2)4-6-14(12)15-13;1-9-3-5-11-12-6-4-10(2)8-14(12)15-13(11)7-9/h2*3-12H,1-2H3;2*3-10H,1-2H3;2*3-8H,1-2H3. The molecule has 0 fully saturated rings. The largest absolute Gasteiger partial charge is 0.135 e. The van der Waals surface area contributed by atoms with Gasteiger partial charge in [-0.25, -0.2) is 0 Å². The van der Waals surface area contributed by atoms with E-state index in [-0.39, 0.29) is 0 Å². The lowest BCUT2D eigenvalue weighted by Gasteiger charge is -2.09. The van der Waals surface area contributed by atoms with Crippen LogP contribution in [0.2, 0.25) is 0 Å². The molecule has 0 aliphatic heterocycles. The summed E-state index contributed by atoms with van der Waals surface area (Å²) in [6, 6.07) is 106. The van der Waals surface area contributed by atoms with Crippen LogP contribution in [-0.4, -0.2) is 0 Å². The lowest BCUT2D eigenvalue weighted by atomic mass is 9.95. The van der Waals surface area contributed by atoms with Crippen molar-refractivity contribution in [1.82, 2.24) is 0 Å². The molecule has 2 heteroatoms. The molecule has 2 heterocycles. The molecule has 0 spiro atoms. The lowest BCUT2D eigenvalue weighted by molar-refractivity contribution is 1.47. The van der Waals surface area contributed by atoms with E-state index in [1.54, 1.807) is 0 Å². The highest BCUT2D eigenvalue weighted by molar-refractivity contribution is 7.26. The normalized spacial score (nSPS) is 11.1. The molecule has 0 aliphatic rings. The first kappa shape index (κ1) is 66.1. The predicted octanol–water partition coefficient (Wildman–Crippen LogP) is 28.8. The lowest BCUT2D eigenvalue weighted by Crippen LogP contribution is -1.84. The van der Waals surface area contributed by atoms with E-state index in [0.29, 0.717) is 0 Å². The Balaban J connectivity index is 0.000000106. The second kappa shape index (κ2) is 29.1. The van der Waals surface area contributed by atoms with Crippen LogP contribution in [0.15, 0.2) is 291 Å². The number of hydrogen-bond acceptors (Lipinski definition) is 2. The molecule has 18 aromatic rings. The zero-order chi connectivity index (χ0) is 68.1. The van der Waals surface area contributed by atoms with Crippen molar-refractivity contribution in [2.24, 2.45) is 0 Å². The number of aryl methyl sites for hydroxylation is 12. The number of thiophene rings is 2. The van der Waals surface area contributed by atoms with E-state index in [1.807, 2.05) is 22.7 Å². The quantitative estimate of drug-likeness (QED) is 0.151. The van der Waals surface area contributed by atoms with E-state index in [1.165, 1.54) is 194 Å². The second-order valence-corrected chi connectivity index (χ2v) is 29.2. The van der Waals surface area contributed by atoms with Gasteiger partial charge in [-0.3, -0.25) is 0 Å². The van der Waals surface area contributed by atoms with Crippen LogP contribution in [0.3, 0.4) is 0 Å². The van der Waals surface area contributed by atoms with Crippen molar-refractivity contribution in [3.63, 3.8) is 0 Å². The minimum Gasteiger partial charge on any atom is -0.135 e. The predicted molar refractivity (Wildman–Crippen MR) is 437 cm³/mol. The Hall–Kier alpha value is -10.5. The minimum absolute atomic E-state index is 1.28. The molecule has 98 heavy (non-hydrogen) atoms. The van der Waals surface area contributed by atoms with E-state index in [4.69, 9.17) is 0 Å². The highest BCUT2D eigenvalue weighted by atomic mass is 32.1. The van der Waals surface area contributed by atoms with Crippen molar-refractivity contribution < 1.29 is 0 Å². The highest BCUT2D eigenvalue weighted by Crippen LogP contribution is 2.38. The van der Waals surface area contributed by atoms with E-state index >= 15 is 0 Å². The Kier molecular flexibility index (Phi) is 19.6. The first-order valence-corrected chi connectivity index (χ1v) is 35.8. The van der Waals surface area contributed by atoms with Gasteiger partial charge in [0.25, 0.3) is 0 Å². The molecular formula is C96H84S2. The molecule has 0 amide bonds. The third-order valence-electron chi connectivity index (χ3n) is 18.7. The number of benzene rings is 16. The SMILES string of the molecule is Cc1ccc(-c2ccc(C)c3ccccc23)cc1.Cc1ccc(-c2ccc3cc(C)ccc3c2)cc1.Cc1ccc2c(c1)sc1cc(C)ccc12.Cc1ccc2c(ccc3cc(C)ccc32)c1.Cc1ccc2c(ccc3ccc(C)cc32)c1.Cc1ccc2sc3ccc(C)cc3c2c1. The average Bonchev–Trinajstić information content (AvgIpc) is 1.11. The maximum absolute atomic E-state index is 2.29. The van der Waals surface area contributed by atoms with Crippen LogP contribution in [0, 0.1) is 83.1 Å². The monoisotopic (exact) mass is 1300 g/mol. The number of fused-ring (bicyclic) bond motifs is 14. The average molecular weight is 1300 g/mol. The molecule has 0 unspecified atom stereocenters. The topological polar surface area (TPSA) is 0 Å². The molecule has 0 nitrogen and oxygen atoms in total. The molecule has 0 saturated heterocycles. The van der Waals surface area contributed by atoms with Crippen molar-refractivity contribution in [3.8, 4) is 22.3 Å². The molecule has 18 rings (SSSR count). The molecule has 0 aliphatic carbocycles. The van der Waals surface area contributed by atoms with E-state index in [0.717, 1.165) is 0 Å². The first-order valence-electron chi connectivity index (χ1n) is 34.1. The zero-order valence-corrected chi connectivity index (χ0v) is 60.2. The molecule has 2 aromatic heterocycles. The fraction of sp³-hybridized carbons (Fsp3) is 0.125. The third kappa shape index (κ3) is 15.0. The van der Waals surface area contributed by atoms with Gasteiger partial charge in [0.15, 0.2) is 0 Å². The van der Waals surface area contributed by atoms with Crippen molar-refractivity contribution in [2.75, 3.05) is 0 Å². The first-order chi connectivity index (χ1) is 47.4. The molecule has 0 radical (unpaired) electrons. The van der Waals surface area contributed by atoms with Crippen molar-refractivity contribution in [2.45, 2.75) is 83.1 Å². The fourth-order valence-electron chi connectivity index (χ4n) is 13.3. The van der Waals surface area contributed by atoms with E-state index < -0.39 is 0 Å². The Morgan fingerprint density at radius 3 is 1.00 bits per heavy atom. The second-order valence-electron chi connectivity index (χ2n) is 27.0. The molecule has 16 aromatic carbocycles. The smallest absolute Gasteiger partial charge is 0.0358 e.